The quantitative estimate of drug-likeness (QED) is 0.730. The number of amides is 1. The number of likely N-dealkylation sites (tertiary alicyclic amines) is 1. The van der Waals surface area contributed by atoms with Crippen LogP contribution in [0.1, 0.15) is 23.6 Å². The van der Waals surface area contributed by atoms with Gasteiger partial charge >= 0.3 is 6.18 Å². The largest absolute Gasteiger partial charge is 0.433 e. The molecule has 0 saturated carbocycles. The number of nitrogens with zero attached hydrogens (tertiary/aromatic N) is 2. The van der Waals surface area contributed by atoms with Gasteiger partial charge < -0.3 is 4.90 Å². The summed E-state index contributed by atoms with van der Waals surface area (Å²) < 4.78 is 37.1. The van der Waals surface area contributed by atoms with E-state index in [9.17, 15) is 22.8 Å². The van der Waals surface area contributed by atoms with Gasteiger partial charge in [0.25, 0.3) is 0 Å². The van der Waals surface area contributed by atoms with Crippen molar-refractivity contribution in [2.24, 2.45) is 0 Å². The van der Waals surface area contributed by atoms with Crippen molar-refractivity contribution in [1.29, 1.82) is 0 Å². The second-order valence-electron chi connectivity index (χ2n) is 4.44. The fraction of sp³-hybridized carbons (Fsp3) is 0.417. The van der Waals surface area contributed by atoms with Gasteiger partial charge in [-0.3, -0.25) is 14.6 Å². The summed E-state index contributed by atoms with van der Waals surface area (Å²) in [5, 5.41) is 0. The van der Waals surface area contributed by atoms with Gasteiger partial charge in [-0.2, -0.15) is 13.2 Å². The molecule has 1 aromatic heterocycles. The van der Waals surface area contributed by atoms with Crippen molar-refractivity contribution in [3.05, 3.63) is 29.6 Å². The molecule has 1 aliphatic rings. The summed E-state index contributed by atoms with van der Waals surface area (Å²) in [6, 6.07) is 2.08. The number of alkyl halides is 3. The highest BCUT2D eigenvalue weighted by Crippen LogP contribution is 2.29. The second-order valence-corrected chi connectivity index (χ2v) is 4.44. The SMILES string of the molecule is CN1CC(c2ccc(C(F)(F)F)nc2)C(=O)CC1=O. The standard InChI is InChI=1S/C12H11F3N2O2/c1-17-6-8(9(18)4-11(17)19)7-2-3-10(16-5-7)12(13,14)15/h2-3,5,8H,4,6H2,1H3. The van der Waals surface area contributed by atoms with Crippen LogP contribution < -0.4 is 0 Å². The average molecular weight is 272 g/mol. The molecule has 1 atom stereocenters. The fourth-order valence-corrected chi connectivity index (χ4v) is 1.96. The lowest BCUT2D eigenvalue weighted by Crippen LogP contribution is -2.41. The van der Waals surface area contributed by atoms with Gasteiger partial charge in [-0.1, -0.05) is 6.07 Å². The zero-order valence-electron chi connectivity index (χ0n) is 10.1. The average Bonchev–Trinajstić information content (AvgIpc) is 2.33. The molecule has 2 heterocycles. The van der Waals surface area contributed by atoms with Gasteiger partial charge in [-0.15, -0.1) is 0 Å². The van der Waals surface area contributed by atoms with E-state index >= 15 is 0 Å². The van der Waals surface area contributed by atoms with Crippen LogP contribution >= 0.6 is 0 Å². The molecule has 19 heavy (non-hydrogen) atoms. The number of rotatable bonds is 1. The molecular formula is C12H11F3N2O2. The first-order valence-corrected chi connectivity index (χ1v) is 5.59. The molecular weight excluding hydrogens is 261 g/mol. The summed E-state index contributed by atoms with van der Waals surface area (Å²) in [6.45, 7) is 0.171. The van der Waals surface area contributed by atoms with Crippen LogP contribution in [0.4, 0.5) is 13.2 Å². The number of hydrogen-bond donors (Lipinski definition) is 0. The third kappa shape index (κ3) is 2.74. The van der Waals surface area contributed by atoms with E-state index in [-0.39, 0.29) is 24.7 Å². The summed E-state index contributed by atoms with van der Waals surface area (Å²) in [7, 11) is 1.55. The first kappa shape index (κ1) is 13.5. The van der Waals surface area contributed by atoms with E-state index in [0.29, 0.717) is 5.56 Å². The highest BCUT2D eigenvalue weighted by molar-refractivity contribution is 6.03. The van der Waals surface area contributed by atoms with Crippen LogP contribution in [-0.4, -0.2) is 35.2 Å². The molecule has 1 aromatic rings. The first-order chi connectivity index (χ1) is 8.79. The maximum atomic E-state index is 12.4. The molecule has 0 spiro atoms. The summed E-state index contributed by atoms with van der Waals surface area (Å²) in [4.78, 5) is 27.8. The third-order valence-electron chi connectivity index (χ3n) is 3.08. The van der Waals surface area contributed by atoms with E-state index in [2.05, 4.69) is 4.98 Å². The fourth-order valence-electron chi connectivity index (χ4n) is 1.96. The lowest BCUT2D eigenvalue weighted by molar-refractivity contribution is -0.141. The smallest absolute Gasteiger partial charge is 0.344 e. The van der Waals surface area contributed by atoms with Crippen molar-refractivity contribution < 1.29 is 22.8 Å². The lowest BCUT2D eigenvalue weighted by atomic mass is 9.90. The number of piperidine rings is 1. The van der Waals surface area contributed by atoms with E-state index in [1.807, 2.05) is 0 Å². The van der Waals surface area contributed by atoms with Crippen LogP contribution in [-0.2, 0) is 15.8 Å². The Morgan fingerprint density at radius 3 is 2.53 bits per heavy atom. The number of carbonyl (C=O) groups excluding carboxylic acids is 2. The number of hydrogen-bond acceptors (Lipinski definition) is 3. The van der Waals surface area contributed by atoms with Crippen molar-refractivity contribution in [2.75, 3.05) is 13.6 Å². The molecule has 0 radical (unpaired) electrons. The van der Waals surface area contributed by atoms with Gasteiger partial charge in [0.2, 0.25) is 5.91 Å². The zero-order valence-corrected chi connectivity index (χ0v) is 10.1. The van der Waals surface area contributed by atoms with Crippen LogP contribution in [0, 0.1) is 0 Å². The van der Waals surface area contributed by atoms with Gasteiger partial charge in [0, 0.05) is 19.8 Å². The molecule has 1 aliphatic heterocycles. The molecule has 7 heteroatoms. The van der Waals surface area contributed by atoms with E-state index in [0.717, 1.165) is 12.3 Å². The van der Waals surface area contributed by atoms with Crippen molar-refractivity contribution in [2.45, 2.75) is 18.5 Å². The minimum Gasteiger partial charge on any atom is -0.344 e. The summed E-state index contributed by atoms with van der Waals surface area (Å²) in [5.74, 6) is -1.16. The molecule has 4 nitrogen and oxygen atoms in total. The minimum absolute atomic E-state index is 0.171. The van der Waals surface area contributed by atoms with Gasteiger partial charge in [-0.05, 0) is 11.6 Å². The monoisotopic (exact) mass is 272 g/mol. The lowest BCUT2D eigenvalue weighted by Gasteiger charge is -2.28. The Bertz CT molecular complexity index is 511. The third-order valence-corrected chi connectivity index (χ3v) is 3.08. The number of aromatic nitrogens is 1. The van der Waals surface area contributed by atoms with Crippen LogP contribution in [0.25, 0.3) is 0 Å². The molecule has 1 unspecified atom stereocenters. The maximum Gasteiger partial charge on any atom is 0.433 e. The highest BCUT2D eigenvalue weighted by Gasteiger charge is 2.34. The molecule has 0 aliphatic carbocycles. The number of Topliss-reactive ketones (excluding diaryl/α,β-unsaturated/α-hetero) is 1. The van der Waals surface area contributed by atoms with Crippen molar-refractivity contribution in [1.82, 2.24) is 9.88 Å². The number of pyridine rings is 1. The molecule has 102 valence electrons. The van der Waals surface area contributed by atoms with Crippen LogP contribution in [0.3, 0.4) is 0 Å². The Labute approximate surface area is 107 Å². The van der Waals surface area contributed by atoms with Crippen LogP contribution in [0.15, 0.2) is 18.3 Å². The second kappa shape index (κ2) is 4.64. The molecule has 2 rings (SSSR count). The van der Waals surface area contributed by atoms with E-state index in [1.54, 1.807) is 7.05 Å². The zero-order chi connectivity index (χ0) is 14.2. The van der Waals surface area contributed by atoms with Gasteiger partial charge in [0.1, 0.15) is 5.69 Å². The van der Waals surface area contributed by atoms with E-state index in [1.165, 1.54) is 11.0 Å². The van der Waals surface area contributed by atoms with Gasteiger partial charge in [0.15, 0.2) is 5.78 Å². The summed E-state index contributed by atoms with van der Waals surface area (Å²) in [6.07, 6.45) is -3.67. The molecule has 0 N–H and O–H groups in total. The normalized spacial score (nSPS) is 20.8. The number of carbonyl (C=O) groups is 2. The Kier molecular flexibility index (Phi) is 3.30. The molecule has 1 amide bonds. The van der Waals surface area contributed by atoms with E-state index < -0.39 is 17.8 Å². The first-order valence-electron chi connectivity index (χ1n) is 5.59. The van der Waals surface area contributed by atoms with Crippen LogP contribution in [0.5, 0.6) is 0 Å². The molecule has 1 fully saturated rings. The number of ketones is 1. The topological polar surface area (TPSA) is 50.3 Å². The van der Waals surface area contributed by atoms with Crippen molar-refractivity contribution >= 4 is 11.7 Å². The molecule has 0 bridgehead atoms. The Morgan fingerprint density at radius 2 is 2.00 bits per heavy atom. The molecule has 0 aromatic carbocycles. The van der Waals surface area contributed by atoms with E-state index in [4.69, 9.17) is 0 Å². The minimum atomic E-state index is -4.50. The predicted molar refractivity (Wildman–Crippen MR) is 59.2 cm³/mol. The van der Waals surface area contributed by atoms with Crippen molar-refractivity contribution in [3.8, 4) is 0 Å². The summed E-state index contributed by atoms with van der Waals surface area (Å²) >= 11 is 0. The summed E-state index contributed by atoms with van der Waals surface area (Å²) in [5.41, 5.74) is -0.596. The Morgan fingerprint density at radius 1 is 1.32 bits per heavy atom. The maximum absolute atomic E-state index is 12.4. The highest BCUT2D eigenvalue weighted by atomic mass is 19.4. The number of halogens is 3. The Hall–Kier alpha value is -1.92. The van der Waals surface area contributed by atoms with Crippen LogP contribution in [0.2, 0.25) is 0 Å². The van der Waals surface area contributed by atoms with Gasteiger partial charge in [-0.25, -0.2) is 0 Å². The van der Waals surface area contributed by atoms with Crippen molar-refractivity contribution in [3.63, 3.8) is 0 Å². The predicted octanol–water partition coefficient (Wildman–Crippen LogP) is 1.62. The number of likely N-dealkylation sites (N-methyl/N-ethyl adjacent to an activating group) is 1. The van der Waals surface area contributed by atoms with Gasteiger partial charge in [0.05, 0.1) is 12.3 Å². The Balaban J connectivity index is 2.23. The molecule has 1 saturated heterocycles.